The van der Waals surface area contributed by atoms with E-state index in [1.807, 2.05) is 0 Å². The molecule has 5 nitrogen and oxygen atoms in total. The first-order chi connectivity index (χ1) is 9.62. The topological polar surface area (TPSA) is 77.5 Å². The molecule has 1 atom stereocenters. The van der Waals surface area contributed by atoms with E-state index in [1.54, 1.807) is 0 Å². The third kappa shape index (κ3) is 4.27. The molecular formula is C9H12F6O5S2. The van der Waals surface area contributed by atoms with Gasteiger partial charge in [-0.25, -0.2) is 16.8 Å². The lowest BCUT2D eigenvalue weighted by atomic mass is 10.2. The fourth-order valence-electron chi connectivity index (χ4n) is 1.39. The second kappa shape index (κ2) is 6.64. The maximum Gasteiger partial charge on any atom is 0.498 e. The molecule has 0 radical (unpaired) electrons. The van der Waals surface area contributed by atoms with Gasteiger partial charge in [-0.1, -0.05) is 13.5 Å². The van der Waals surface area contributed by atoms with Crippen molar-refractivity contribution in [3.63, 3.8) is 0 Å². The Bertz CT molecular complexity index is 545. The molecule has 0 fully saturated rings. The van der Waals surface area contributed by atoms with Crippen molar-refractivity contribution in [2.24, 2.45) is 0 Å². The smallest absolute Gasteiger partial charge is 0.498 e. The van der Waals surface area contributed by atoms with Gasteiger partial charge < -0.3 is 4.74 Å². The lowest BCUT2D eigenvalue weighted by Gasteiger charge is -2.24. The van der Waals surface area contributed by atoms with E-state index in [1.165, 1.54) is 6.92 Å². The van der Waals surface area contributed by atoms with Crippen molar-refractivity contribution in [3.05, 3.63) is 12.8 Å². The Morgan fingerprint density at radius 3 is 1.59 bits per heavy atom. The largest absolute Gasteiger partial charge is 0.499 e. The summed E-state index contributed by atoms with van der Waals surface area (Å²) in [5.74, 6) is 0. The van der Waals surface area contributed by atoms with E-state index in [-0.39, 0.29) is 6.42 Å². The van der Waals surface area contributed by atoms with Gasteiger partial charge in [0.15, 0.2) is 4.58 Å². The molecule has 0 N–H and O–H groups in total. The maximum atomic E-state index is 12.5. The minimum Gasteiger partial charge on any atom is -0.499 e. The summed E-state index contributed by atoms with van der Waals surface area (Å²) in [7, 11) is -13.3. The molecule has 0 aromatic rings. The molecule has 0 aliphatic rings. The first-order valence-electron chi connectivity index (χ1n) is 5.49. The van der Waals surface area contributed by atoms with Crippen LogP contribution in [0, 0.1) is 0 Å². The van der Waals surface area contributed by atoms with Crippen molar-refractivity contribution in [3.8, 4) is 0 Å². The van der Waals surface area contributed by atoms with Gasteiger partial charge in [-0.15, -0.1) is 0 Å². The van der Waals surface area contributed by atoms with E-state index in [0.717, 1.165) is 0 Å². The van der Waals surface area contributed by atoms with Crippen molar-refractivity contribution < 1.29 is 47.9 Å². The first-order valence-corrected chi connectivity index (χ1v) is 8.58. The molecule has 0 spiro atoms. The van der Waals surface area contributed by atoms with E-state index in [0.29, 0.717) is 6.26 Å². The molecule has 1 unspecified atom stereocenters. The van der Waals surface area contributed by atoms with Crippen LogP contribution in [0.25, 0.3) is 0 Å². The quantitative estimate of drug-likeness (QED) is 0.503. The van der Waals surface area contributed by atoms with Gasteiger partial charge in [0, 0.05) is 6.42 Å². The second-order valence-corrected chi connectivity index (χ2v) is 8.52. The molecule has 0 rings (SSSR count). The monoisotopic (exact) mass is 378 g/mol. The second-order valence-electron chi connectivity index (χ2n) is 3.98. The van der Waals surface area contributed by atoms with Gasteiger partial charge in [0.25, 0.3) is 19.7 Å². The Morgan fingerprint density at radius 1 is 1.00 bits per heavy atom. The third-order valence-electron chi connectivity index (χ3n) is 2.54. The number of sulfone groups is 2. The predicted molar refractivity (Wildman–Crippen MR) is 63.7 cm³/mol. The van der Waals surface area contributed by atoms with E-state index in [9.17, 15) is 43.2 Å². The van der Waals surface area contributed by atoms with Crippen LogP contribution in [0.1, 0.15) is 19.8 Å². The van der Waals surface area contributed by atoms with Crippen LogP contribution in [-0.2, 0) is 24.4 Å². The average Bonchev–Trinajstić information content (AvgIpc) is 2.30. The van der Waals surface area contributed by atoms with Gasteiger partial charge >= 0.3 is 11.0 Å². The Kier molecular flexibility index (Phi) is 6.35. The number of hydrogen-bond acceptors (Lipinski definition) is 5. The van der Waals surface area contributed by atoms with Crippen LogP contribution in [0.5, 0.6) is 0 Å². The Morgan fingerprint density at radius 2 is 1.36 bits per heavy atom. The fraction of sp³-hybridized carbons (Fsp3) is 0.778. The molecule has 0 aromatic heterocycles. The lowest BCUT2D eigenvalue weighted by molar-refractivity contribution is -0.0477. The summed E-state index contributed by atoms with van der Waals surface area (Å²) in [6.07, 6.45) is -2.61. The van der Waals surface area contributed by atoms with Crippen LogP contribution < -0.4 is 0 Å². The van der Waals surface area contributed by atoms with E-state index < -0.39 is 47.8 Å². The van der Waals surface area contributed by atoms with Crippen molar-refractivity contribution in [1.29, 1.82) is 0 Å². The summed E-state index contributed by atoms with van der Waals surface area (Å²) in [6, 6.07) is 0. The molecule has 132 valence electrons. The first kappa shape index (κ1) is 21.0. The van der Waals surface area contributed by atoms with Crippen LogP contribution in [0.3, 0.4) is 0 Å². The summed E-state index contributed by atoms with van der Waals surface area (Å²) in [6.45, 7) is 4.27. The number of rotatable bonds is 7. The summed E-state index contributed by atoms with van der Waals surface area (Å²) < 4.78 is 120. The van der Waals surface area contributed by atoms with E-state index in [2.05, 4.69) is 11.3 Å². The number of alkyl halides is 6. The van der Waals surface area contributed by atoms with Crippen molar-refractivity contribution in [1.82, 2.24) is 0 Å². The van der Waals surface area contributed by atoms with Crippen LogP contribution in [0.4, 0.5) is 26.3 Å². The molecule has 0 saturated heterocycles. The molecule has 0 aliphatic heterocycles. The zero-order chi connectivity index (χ0) is 18.0. The molecule has 0 saturated carbocycles. The summed E-state index contributed by atoms with van der Waals surface area (Å²) >= 11 is 0. The average molecular weight is 378 g/mol. The van der Waals surface area contributed by atoms with Crippen LogP contribution >= 0.6 is 0 Å². The minimum absolute atomic E-state index is 0.233. The maximum absolute atomic E-state index is 12.5. The number of halogens is 6. The van der Waals surface area contributed by atoms with Gasteiger partial charge in [0.05, 0.1) is 12.4 Å². The van der Waals surface area contributed by atoms with Gasteiger partial charge in [-0.2, -0.15) is 26.3 Å². The van der Waals surface area contributed by atoms with Crippen LogP contribution in [0.2, 0.25) is 0 Å². The highest BCUT2D eigenvalue weighted by atomic mass is 32.3. The summed E-state index contributed by atoms with van der Waals surface area (Å²) in [4.78, 5) is 0. The predicted octanol–water partition coefficient (Wildman–Crippen LogP) is 2.51. The van der Waals surface area contributed by atoms with Gasteiger partial charge in [-0.3, -0.25) is 0 Å². The van der Waals surface area contributed by atoms with Crippen molar-refractivity contribution in [2.45, 2.75) is 41.5 Å². The standard InChI is InChI=1S/C9H12F6O5S2/c1-3-6(20-4-2)5-7(21(16,17)8(10,11)12)22(18,19)9(13,14)15/h4,6-7H,2-3,5H2,1H3. The summed E-state index contributed by atoms with van der Waals surface area (Å²) in [5, 5.41) is 0. The Labute approximate surface area is 122 Å². The Balaban J connectivity index is 6.10. The van der Waals surface area contributed by atoms with Gasteiger partial charge in [0.1, 0.15) is 0 Å². The Hall–Kier alpha value is -0.980. The molecule has 0 heterocycles. The van der Waals surface area contributed by atoms with E-state index in [4.69, 9.17) is 0 Å². The fourth-order valence-corrected chi connectivity index (χ4v) is 4.91. The number of hydrogen-bond donors (Lipinski definition) is 0. The molecular weight excluding hydrogens is 366 g/mol. The molecule has 13 heteroatoms. The molecule has 0 aliphatic carbocycles. The molecule has 0 amide bonds. The SMILES string of the molecule is C=COC(CC)CC(S(=O)(=O)C(F)(F)F)S(=O)(=O)C(F)(F)F. The van der Waals surface area contributed by atoms with Crippen molar-refractivity contribution in [2.75, 3.05) is 0 Å². The lowest BCUT2D eigenvalue weighted by Crippen LogP contribution is -2.46. The number of ether oxygens (including phenoxy) is 1. The zero-order valence-corrected chi connectivity index (χ0v) is 12.6. The summed E-state index contributed by atoms with van der Waals surface area (Å²) in [5.41, 5.74) is -12.3. The van der Waals surface area contributed by atoms with Gasteiger partial charge in [-0.05, 0) is 6.42 Å². The van der Waals surface area contributed by atoms with Gasteiger partial charge in [0.2, 0.25) is 0 Å². The highest BCUT2D eigenvalue weighted by molar-refractivity contribution is 8.09. The molecule has 0 bridgehead atoms. The van der Waals surface area contributed by atoms with Crippen LogP contribution in [0.15, 0.2) is 12.8 Å². The van der Waals surface area contributed by atoms with E-state index >= 15 is 0 Å². The molecule has 22 heavy (non-hydrogen) atoms. The highest BCUT2D eigenvalue weighted by Gasteiger charge is 2.63. The van der Waals surface area contributed by atoms with Crippen molar-refractivity contribution >= 4 is 19.7 Å². The normalized spacial score (nSPS) is 15.6. The molecule has 0 aromatic carbocycles. The third-order valence-corrected chi connectivity index (χ3v) is 7.12. The van der Waals surface area contributed by atoms with Crippen LogP contribution in [-0.4, -0.2) is 38.5 Å². The minimum atomic E-state index is -6.63. The highest BCUT2D eigenvalue weighted by Crippen LogP contribution is 2.38. The zero-order valence-electron chi connectivity index (χ0n) is 11.0.